The molecule has 33 heavy (non-hydrogen) atoms. The number of nitrogens with zero attached hydrogens (tertiary/aromatic N) is 3. The predicted octanol–water partition coefficient (Wildman–Crippen LogP) is 3.45. The third-order valence-electron chi connectivity index (χ3n) is 5.51. The van der Waals surface area contributed by atoms with Gasteiger partial charge in [0, 0.05) is 45.7 Å². The SMILES string of the molecule is CN(CCc1ccc(C2=NCCN2)cc1)C(=O)CCCN(C)S(=O)(=O)c1c(Cl)cccc1Cl. The van der Waals surface area contributed by atoms with Gasteiger partial charge in [-0.1, -0.05) is 53.5 Å². The quantitative estimate of drug-likeness (QED) is 0.530. The first-order valence-electron chi connectivity index (χ1n) is 10.7. The number of hydrogen-bond donors (Lipinski definition) is 1. The fourth-order valence-electron chi connectivity index (χ4n) is 3.49. The smallest absolute Gasteiger partial charge is 0.245 e. The molecule has 178 valence electrons. The molecule has 2 aromatic carbocycles. The van der Waals surface area contributed by atoms with E-state index in [1.165, 1.54) is 23.5 Å². The maximum absolute atomic E-state index is 12.8. The van der Waals surface area contributed by atoms with E-state index < -0.39 is 10.0 Å². The van der Waals surface area contributed by atoms with E-state index in [0.29, 0.717) is 13.0 Å². The zero-order chi connectivity index (χ0) is 24.0. The molecule has 1 heterocycles. The van der Waals surface area contributed by atoms with Crippen molar-refractivity contribution in [3.05, 3.63) is 63.6 Å². The van der Waals surface area contributed by atoms with E-state index in [2.05, 4.69) is 22.4 Å². The molecule has 1 N–H and O–H groups in total. The minimum atomic E-state index is -3.84. The van der Waals surface area contributed by atoms with Crippen LogP contribution >= 0.6 is 23.2 Å². The Morgan fingerprint density at radius 2 is 1.73 bits per heavy atom. The van der Waals surface area contributed by atoms with Crippen molar-refractivity contribution in [3.8, 4) is 0 Å². The number of sulfonamides is 1. The Labute approximate surface area is 205 Å². The normalized spacial score (nSPS) is 13.7. The van der Waals surface area contributed by atoms with Crippen LogP contribution in [0.2, 0.25) is 10.0 Å². The van der Waals surface area contributed by atoms with Crippen LogP contribution in [0.3, 0.4) is 0 Å². The molecule has 1 amide bonds. The van der Waals surface area contributed by atoms with Gasteiger partial charge in [0.2, 0.25) is 15.9 Å². The van der Waals surface area contributed by atoms with Crippen LogP contribution in [-0.2, 0) is 21.2 Å². The second-order valence-corrected chi connectivity index (χ2v) is 10.7. The van der Waals surface area contributed by atoms with Gasteiger partial charge in [0.25, 0.3) is 0 Å². The van der Waals surface area contributed by atoms with Gasteiger partial charge in [-0.25, -0.2) is 12.7 Å². The Balaban J connectivity index is 1.45. The second-order valence-electron chi connectivity index (χ2n) is 7.90. The van der Waals surface area contributed by atoms with Crippen LogP contribution < -0.4 is 5.32 Å². The van der Waals surface area contributed by atoms with E-state index in [9.17, 15) is 13.2 Å². The van der Waals surface area contributed by atoms with Gasteiger partial charge in [0.15, 0.2) is 0 Å². The lowest BCUT2D eigenvalue weighted by molar-refractivity contribution is -0.130. The van der Waals surface area contributed by atoms with Crippen LogP contribution in [0.5, 0.6) is 0 Å². The number of halogens is 2. The molecule has 0 bridgehead atoms. The third kappa shape index (κ3) is 6.47. The highest BCUT2D eigenvalue weighted by molar-refractivity contribution is 7.89. The number of nitrogens with one attached hydrogen (secondary N) is 1. The summed E-state index contributed by atoms with van der Waals surface area (Å²) in [5.41, 5.74) is 2.21. The van der Waals surface area contributed by atoms with Crippen LogP contribution in [0.4, 0.5) is 0 Å². The minimum absolute atomic E-state index is 0.0299. The van der Waals surface area contributed by atoms with E-state index in [-0.39, 0.29) is 33.8 Å². The van der Waals surface area contributed by atoms with Crippen molar-refractivity contribution < 1.29 is 13.2 Å². The number of amides is 1. The average Bonchev–Trinajstić information content (AvgIpc) is 3.32. The molecule has 0 aliphatic carbocycles. The summed E-state index contributed by atoms with van der Waals surface area (Å²) in [5, 5.41) is 3.40. The lowest BCUT2D eigenvalue weighted by Crippen LogP contribution is -2.31. The Bertz CT molecular complexity index is 1100. The summed E-state index contributed by atoms with van der Waals surface area (Å²) in [7, 11) is -0.623. The van der Waals surface area contributed by atoms with Gasteiger partial charge in [-0.15, -0.1) is 0 Å². The summed E-state index contributed by atoms with van der Waals surface area (Å²) < 4.78 is 26.8. The molecule has 3 rings (SSSR count). The van der Waals surface area contributed by atoms with Gasteiger partial charge >= 0.3 is 0 Å². The molecule has 0 spiro atoms. The second kappa shape index (κ2) is 11.3. The first kappa shape index (κ1) is 25.5. The van der Waals surface area contributed by atoms with E-state index in [0.717, 1.165) is 36.5 Å². The highest BCUT2D eigenvalue weighted by Gasteiger charge is 2.26. The first-order valence-corrected chi connectivity index (χ1v) is 12.9. The van der Waals surface area contributed by atoms with Crippen LogP contribution in [0.15, 0.2) is 52.4 Å². The molecule has 0 saturated heterocycles. The number of hydrogen-bond acceptors (Lipinski definition) is 5. The summed E-state index contributed by atoms with van der Waals surface area (Å²) in [6.07, 6.45) is 1.38. The zero-order valence-corrected chi connectivity index (χ0v) is 21.1. The number of benzene rings is 2. The molecule has 0 fully saturated rings. The molecular weight excluding hydrogens is 483 g/mol. The molecule has 0 aromatic heterocycles. The molecule has 2 aromatic rings. The largest absolute Gasteiger partial charge is 0.368 e. The van der Waals surface area contributed by atoms with E-state index in [1.54, 1.807) is 18.0 Å². The third-order valence-corrected chi connectivity index (χ3v) is 8.33. The molecule has 1 aliphatic heterocycles. The van der Waals surface area contributed by atoms with Crippen LogP contribution in [0.25, 0.3) is 0 Å². The molecule has 7 nitrogen and oxygen atoms in total. The molecule has 0 saturated carbocycles. The Kier molecular flexibility index (Phi) is 8.75. The molecule has 0 radical (unpaired) electrons. The highest BCUT2D eigenvalue weighted by Crippen LogP contribution is 2.31. The molecule has 10 heteroatoms. The summed E-state index contributed by atoms with van der Waals surface area (Å²) in [5.74, 6) is 0.898. The van der Waals surface area contributed by atoms with Gasteiger partial charge in [-0.2, -0.15) is 0 Å². The van der Waals surface area contributed by atoms with E-state index in [4.69, 9.17) is 23.2 Å². The summed E-state index contributed by atoms with van der Waals surface area (Å²) in [6.45, 7) is 2.45. The van der Waals surface area contributed by atoms with Gasteiger partial charge in [0.1, 0.15) is 10.7 Å². The van der Waals surface area contributed by atoms with Crippen molar-refractivity contribution in [1.29, 1.82) is 0 Å². The Morgan fingerprint density at radius 1 is 1.06 bits per heavy atom. The first-order chi connectivity index (χ1) is 15.7. The highest BCUT2D eigenvalue weighted by atomic mass is 35.5. The summed E-state index contributed by atoms with van der Waals surface area (Å²) in [4.78, 5) is 18.5. The lowest BCUT2D eigenvalue weighted by Gasteiger charge is -2.20. The van der Waals surface area contributed by atoms with Gasteiger partial charge in [0.05, 0.1) is 16.6 Å². The van der Waals surface area contributed by atoms with Crippen LogP contribution in [-0.4, -0.2) is 69.6 Å². The summed E-state index contributed by atoms with van der Waals surface area (Å²) in [6, 6.07) is 12.7. The van der Waals surface area contributed by atoms with Crippen molar-refractivity contribution in [1.82, 2.24) is 14.5 Å². The number of rotatable bonds is 10. The van der Waals surface area contributed by atoms with E-state index >= 15 is 0 Å². The maximum atomic E-state index is 12.8. The van der Waals surface area contributed by atoms with Gasteiger partial charge < -0.3 is 10.2 Å². The zero-order valence-electron chi connectivity index (χ0n) is 18.7. The molecular formula is C23H28Cl2N4O3S. The molecule has 0 unspecified atom stereocenters. The van der Waals surface area contributed by atoms with Crippen LogP contribution in [0, 0.1) is 0 Å². The predicted molar refractivity (Wildman–Crippen MR) is 133 cm³/mol. The fraction of sp³-hybridized carbons (Fsp3) is 0.391. The Morgan fingerprint density at radius 3 is 2.33 bits per heavy atom. The topological polar surface area (TPSA) is 82.1 Å². The standard InChI is InChI=1S/C23H28Cl2N4O3S/c1-28(16-12-17-8-10-18(11-9-17)23-26-13-14-27-23)21(30)7-4-15-29(2)33(31,32)22-19(24)5-3-6-20(22)25/h3,5-6,8-11H,4,7,12-16H2,1-2H3,(H,26,27). The maximum Gasteiger partial charge on any atom is 0.245 e. The number of carbonyl (C=O) groups excluding carboxylic acids is 1. The van der Waals surface area contributed by atoms with Crippen LogP contribution in [0.1, 0.15) is 24.0 Å². The Hall–Kier alpha value is -2.13. The molecule has 1 aliphatic rings. The minimum Gasteiger partial charge on any atom is -0.368 e. The van der Waals surface area contributed by atoms with Gasteiger partial charge in [-0.05, 0) is 30.5 Å². The van der Waals surface area contributed by atoms with Crippen molar-refractivity contribution in [2.24, 2.45) is 4.99 Å². The molecule has 0 atom stereocenters. The number of amidine groups is 1. The number of aliphatic imine (C=N–C) groups is 1. The average molecular weight is 511 g/mol. The number of carbonyl (C=O) groups is 1. The van der Waals surface area contributed by atoms with Crippen molar-refractivity contribution >= 4 is 45.0 Å². The fourth-order valence-corrected chi connectivity index (χ4v) is 5.78. The van der Waals surface area contributed by atoms with Gasteiger partial charge in [-0.3, -0.25) is 9.79 Å². The van der Waals surface area contributed by atoms with Crippen molar-refractivity contribution in [3.63, 3.8) is 0 Å². The monoisotopic (exact) mass is 510 g/mol. The summed E-state index contributed by atoms with van der Waals surface area (Å²) >= 11 is 12.1. The van der Waals surface area contributed by atoms with Crippen molar-refractivity contribution in [2.45, 2.75) is 24.2 Å². The van der Waals surface area contributed by atoms with E-state index in [1.807, 2.05) is 12.1 Å². The number of likely N-dealkylation sites (N-methyl/N-ethyl adjacent to an activating group) is 1. The lowest BCUT2D eigenvalue weighted by atomic mass is 10.1. The van der Waals surface area contributed by atoms with Crippen molar-refractivity contribution in [2.75, 3.05) is 40.3 Å².